The lowest BCUT2D eigenvalue weighted by Crippen LogP contribution is -2.38. The molecule has 2 atom stereocenters. The van der Waals surface area contributed by atoms with Crippen LogP contribution >= 0.6 is 0 Å². The van der Waals surface area contributed by atoms with Gasteiger partial charge in [0.05, 0.1) is 6.20 Å². The molecule has 2 N–H and O–H groups in total. The molecule has 1 saturated carbocycles. The van der Waals surface area contributed by atoms with Crippen LogP contribution in [0.25, 0.3) is 0 Å². The highest BCUT2D eigenvalue weighted by atomic mass is 16.1. The van der Waals surface area contributed by atoms with Gasteiger partial charge >= 0.3 is 0 Å². The Bertz CT molecular complexity index is 372. The predicted molar refractivity (Wildman–Crippen MR) is 61.9 cm³/mol. The number of nitrogens with zero attached hydrogens (tertiary/aromatic N) is 2. The van der Waals surface area contributed by atoms with E-state index >= 15 is 0 Å². The third kappa shape index (κ3) is 2.50. The fraction of sp³-hybridized carbons (Fsp3) is 0.667. The number of carbonyl (C=O) groups excluding carboxylic acids is 1. The van der Waals surface area contributed by atoms with E-state index in [-0.39, 0.29) is 17.7 Å². The number of aryl methyl sites for hydroxylation is 1. The van der Waals surface area contributed by atoms with Crippen molar-refractivity contribution in [2.45, 2.75) is 38.1 Å². The van der Waals surface area contributed by atoms with Crippen LogP contribution in [0.2, 0.25) is 0 Å². The van der Waals surface area contributed by atoms with Crippen molar-refractivity contribution >= 4 is 5.78 Å². The first-order valence-electron chi connectivity index (χ1n) is 5.92. The van der Waals surface area contributed by atoms with E-state index in [0.29, 0.717) is 6.42 Å². The molecule has 0 aromatic carbocycles. The fourth-order valence-electron chi connectivity index (χ4n) is 2.45. The van der Waals surface area contributed by atoms with Gasteiger partial charge in [0, 0.05) is 31.6 Å². The Hall–Kier alpha value is -1.16. The Kier molecular flexibility index (Phi) is 3.39. The van der Waals surface area contributed by atoms with Crippen LogP contribution in [0.15, 0.2) is 12.4 Å². The number of ketones is 1. The van der Waals surface area contributed by atoms with Gasteiger partial charge in [0.15, 0.2) is 0 Å². The molecule has 88 valence electrons. The van der Waals surface area contributed by atoms with Crippen LogP contribution in [0.5, 0.6) is 0 Å². The second kappa shape index (κ2) is 4.78. The zero-order valence-corrected chi connectivity index (χ0v) is 9.72. The summed E-state index contributed by atoms with van der Waals surface area (Å²) in [7, 11) is 1.86. The number of rotatable bonds is 3. The van der Waals surface area contributed by atoms with Crippen molar-refractivity contribution in [2.24, 2.45) is 18.7 Å². The Labute approximate surface area is 95.8 Å². The van der Waals surface area contributed by atoms with Gasteiger partial charge in [-0.15, -0.1) is 0 Å². The Morgan fingerprint density at radius 1 is 1.56 bits per heavy atom. The second-order valence-corrected chi connectivity index (χ2v) is 4.72. The third-order valence-corrected chi connectivity index (χ3v) is 3.37. The maximum absolute atomic E-state index is 12.1. The summed E-state index contributed by atoms with van der Waals surface area (Å²) in [6, 6.07) is 0.0675. The van der Waals surface area contributed by atoms with Crippen molar-refractivity contribution in [1.29, 1.82) is 0 Å². The van der Waals surface area contributed by atoms with Crippen LogP contribution in [-0.2, 0) is 18.3 Å². The van der Waals surface area contributed by atoms with E-state index in [1.54, 1.807) is 10.9 Å². The van der Waals surface area contributed by atoms with Crippen molar-refractivity contribution in [1.82, 2.24) is 9.78 Å². The highest BCUT2D eigenvalue weighted by Crippen LogP contribution is 2.24. The van der Waals surface area contributed by atoms with E-state index in [0.717, 1.165) is 31.2 Å². The molecule has 1 fully saturated rings. The minimum Gasteiger partial charge on any atom is -0.327 e. The molecule has 1 aromatic heterocycles. The molecule has 4 heteroatoms. The molecule has 0 aliphatic heterocycles. The smallest absolute Gasteiger partial charge is 0.141 e. The molecule has 16 heavy (non-hydrogen) atoms. The molecule has 0 spiro atoms. The molecular weight excluding hydrogens is 202 g/mol. The largest absolute Gasteiger partial charge is 0.327 e. The van der Waals surface area contributed by atoms with Crippen LogP contribution in [0.3, 0.4) is 0 Å². The highest BCUT2D eigenvalue weighted by Gasteiger charge is 2.27. The zero-order valence-electron chi connectivity index (χ0n) is 9.72. The molecule has 0 saturated heterocycles. The Morgan fingerprint density at radius 2 is 2.31 bits per heavy atom. The van der Waals surface area contributed by atoms with Gasteiger partial charge in [0.25, 0.3) is 0 Å². The molecule has 4 nitrogen and oxygen atoms in total. The molecule has 1 aliphatic rings. The quantitative estimate of drug-likeness (QED) is 0.830. The number of Topliss-reactive ketones (excluding diaryl/α,β-unsaturated/α-hetero) is 1. The lowest BCUT2D eigenvalue weighted by molar-refractivity contribution is -0.123. The topological polar surface area (TPSA) is 60.9 Å². The normalized spacial score (nSPS) is 25.6. The molecular formula is C12H19N3O. The average molecular weight is 221 g/mol. The van der Waals surface area contributed by atoms with Crippen molar-refractivity contribution in [2.75, 3.05) is 0 Å². The number of nitrogens with two attached hydrogens (primary N) is 1. The third-order valence-electron chi connectivity index (χ3n) is 3.37. The summed E-state index contributed by atoms with van der Waals surface area (Å²) in [5, 5.41) is 4.07. The van der Waals surface area contributed by atoms with Crippen LogP contribution < -0.4 is 5.73 Å². The number of hydrogen-bond acceptors (Lipinski definition) is 3. The summed E-state index contributed by atoms with van der Waals surface area (Å²) in [5.41, 5.74) is 6.99. The molecule has 2 rings (SSSR count). The maximum Gasteiger partial charge on any atom is 0.141 e. The highest BCUT2D eigenvalue weighted by molar-refractivity contribution is 5.83. The van der Waals surface area contributed by atoms with Gasteiger partial charge in [-0.25, -0.2) is 0 Å². The van der Waals surface area contributed by atoms with Gasteiger partial charge in [0.2, 0.25) is 0 Å². The lowest BCUT2D eigenvalue weighted by atomic mass is 9.81. The van der Waals surface area contributed by atoms with Crippen LogP contribution in [0.1, 0.15) is 31.2 Å². The summed E-state index contributed by atoms with van der Waals surface area (Å²) in [6.07, 6.45) is 8.38. The SMILES string of the molecule is Cn1cc(CC(=O)C2CCCCC2N)cn1. The van der Waals surface area contributed by atoms with E-state index in [9.17, 15) is 4.79 Å². The summed E-state index contributed by atoms with van der Waals surface area (Å²) >= 11 is 0. The minimum atomic E-state index is 0.0638. The fourth-order valence-corrected chi connectivity index (χ4v) is 2.45. The van der Waals surface area contributed by atoms with Crippen molar-refractivity contribution in [3.63, 3.8) is 0 Å². The average Bonchev–Trinajstić information content (AvgIpc) is 2.64. The van der Waals surface area contributed by atoms with Gasteiger partial charge in [-0.05, 0) is 18.4 Å². The van der Waals surface area contributed by atoms with E-state index in [2.05, 4.69) is 5.10 Å². The van der Waals surface area contributed by atoms with Crippen molar-refractivity contribution in [3.05, 3.63) is 18.0 Å². The number of carbonyl (C=O) groups is 1. The van der Waals surface area contributed by atoms with Crippen LogP contribution in [-0.4, -0.2) is 21.6 Å². The summed E-state index contributed by atoms with van der Waals surface area (Å²) in [5.74, 6) is 0.342. The lowest BCUT2D eigenvalue weighted by Gasteiger charge is -2.27. The van der Waals surface area contributed by atoms with Gasteiger partial charge in [-0.3, -0.25) is 9.48 Å². The molecule has 0 radical (unpaired) electrons. The standard InChI is InChI=1S/C12H19N3O/c1-15-8-9(7-14-15)6-12(16)10-4-2-3-5-11(10)13/h7-8,10-11H,2-6,13H2,1H3. The van der Waals surface area contributed by atoms with Gasteiger partial charge < -0.3 is 5.73 Å². The first-order chi connectivity index (χ1) is 7.66. The van der Waals surface area contributed by atoms with Gasteiger partial charge in [-0.2, -0.15) is 5.10 Å². The second-order valence-electron chi connectivity index (χ2n) is 4.72. The summed E-state index contributed by atoms with van der Waals surface area (Å²) in [6.45, 7) is 0. The predicted octanol–water partition coefficient (Wildman–Crippen LogP) is 1.05. The van der Waals surface area contributed by atoms with E-state index in [1.807, 2.05) is 13.2 Å². The van der Waals surface area contributed by atoms with Crippen LogP contribution in [0.4, 0.5) is 0 Å². The molecule has 1 aliphatic carbocycles. The maximum atomic E-state index is 12.1. The van der Waals surface area contributed by atoms with Crippen molar-refractivity contribution < 1.29 is 4.79 Å². The van der Waals surface area contributed by atoms with Gasteiger partial charge in [0.1, 0.15) is 5.78 Å². The Morgan fingerprint density at radius 3 is 2.94 bits per heavy atom. The van der Waals surface area contributed by atoms with Crippen LogP contribution in [0, 0.1) is 5.92 Å². The summed E-state index contributed by atoms with van der Waals surface area (Å²) in [4.78, 5) is 12.1. The first-order valence-corrected chi connectivity index (χ1v) is 5.92. The number of hydrogen-bond donors (Lipinski definition) is 1. The van der Waals surface area contributed by atoms with Crippen molar-refractivity contribution in [3.8, 4) is 0 Å². The summed E-state index contributed by atoms with van der Waals surface area (Å²) < 4.78 is 1.73. The minimum absolute atomic E-state index is 0.0638. The number of aromatic nitrogens is 2. The zero-order chi connectivity index (χ0) is 11.5. The molecule has 0 amide bonds. The first kappa shape index (κ1) is 11.3. The van der Waals surface area contributed by atoms with Gasteiger partial charge in [-0.1, -0.05) is 12.8 Å². The molecule has 1 aromatic rings. The Balaban J connectivity index is 1.96. The molecule has 2 unspecified atom stereocenters. The van der Waals surface area contributed by atoms with E-state index < -0.39 is 0 Å². The van der Waals surface area contributed by atoms with E-state index in [4.69, 9.17) is 5.73 Å². The molecule has 0 bridgehead atoms. The van der Waals surface area contributed by atoms with E-state index in [1.165, 1.54) is 0 Å². The molecule has 1 heterocycles. The monoisotopic (exact) mass is 221 g/mol.